The molecule has 0 aliphatic carbocycles. The summed E-state index contributed by atoms with van der Waals surface area (Å²) in [5, 5.41) is 2.93. The summed E-state index contributed by atoms with van der Waals surface area (Å²) in [6.07, 6.45) is 2.34. The Morgan fingerprint density at radius 3 is 2.89 bits per heavy atom. The van der Waals surface area contributed by atoms with Gasteiger partial charge < -0.3 is 11.1 Å². The molecule has 2 rings (SSSR count). The van der Waals surface area contributed by atoms with Gasteiger partial charge >= 0.3 is 0 Å². The van der Waals surface area contributed by atoms with Crippen molar-refractivity contribution in [2.45, 2.75) is 38.4 Å². The molecule has 1 aromatic carbocycles. The minimum Gasteiger partial charge on any atom is -0.353 e. The molecular weight excluding hydrogens is 238 g/mol. The van der Waals surface area contributed by atoms with Crippen molar-refractivity contribution in [1.29, 1.82) is 0 Å². The lowest BCUT2D eigenvalue weighted by molar-refractivity contribution is -0.122. The van der Waals surface area contributed by atoms with Crippen molar-refractivity contribution in [2.75, 3.05) is 13.1 Å². The van der Waals surface area contributed by atoms with Gasteiger partial charge in [-0.3, -0.25) is 9.69 Å². The first-order valence-corrected chi connectivity index (χ1v) is 6.98. The lowest BCUT2D eigenvalue weighted by atomic mass is 10.1. The molecule has 0 unspecified atom stereocenters. The summed E-state index contributed by atoms with van der Waals surface area (Å²) in [6, 6.07) is 10.5. The van der Waals surface area contributed by atoms with Crippen molar-refractivity contribution in [3.63, 3.8) is 0 Å². The fourth-order valence-electron chi connectivity index (χ4n) is 2.53. The van der Waals surface area contributed by atoms with E-state index in [1.54, 1.807) is 6.92 Å². The van der Waals surface area contributed by atoms with Crippen LogP contribution in [0.15, 0.2) is 30.3 Å². The van der Waals surface area contributed by atoms with Crippen LogP contribution in [0.1, 0.15) is 25.3 Å². The minimum absolute atomic E-state index is 0.0634. The van der Waals surface area contributed by atoms with Gasteiger partial charge in [-0.05, 0) is 31.9 Å². The zero-order chi connectivity index (χ0) is 13.7. The fraction of sp³-hybridized carbons (Fsp3) is 0.533. The average Bonchev–Trinajstić information content (AvgIpc) is 2.84. The third-order valence-electron chi connectivity index (χ3n) is 3.65. The number of nitrogens with two attached hydrogens (primary N) is 1. The normalized spacial score (nSPS) is 21.3. The SMILES string of the molecule is C[C@H](N)C(=O)NC[C@H]1CCCN1Cc1ccccc1. The van der Waals surface area contributed by atoms with E-state index in [-0.39, 0.29) is 5.91 Å². The van der Waals surface area contributed by atoms with Crippen LogP contribution in [-0.4, -0.2) is 36.0 Å². The Morgan fingerprint density at radius 2 is 2.21 bits per heavy atom. The average molecular weight is 261 g/mol. The van der Waals surface area contributed by atoms with Crippen molar-refractivity contribution in [2.24, 2.45) is 5.73 Å². The summed E-state index contributed by atoms with van der Waals surface area (Å²) < 4.78 is 0. The van der Waals surface area contributed by atoms with Gasteiger partial charge in [0, 0.05) is 19.1 Å². The molecule has 3 N–H and O–H groups in total. The van der Waals surface area contributed by atoms with Gasteiger partial charge in [0.2, 0.25) is 5.91 Å². The van der Waals surface area contributed by atoms with E-state index < -0.39 is 6.04 Å². The standard InChI is InChI=1S/C15H23N3O/c1-12(16)15(19)17-10-14-8-5-9-18(14)11-13-6-3-2-4-7-13/h2-4,6-7,12,14H,5,8-11,16H2,1H3,(H,17,19)/t12-,14+/m0/s1. The van der Waals surface area contributed by atoms with Crippen molar-refractivity contribution in [3.8, 4) is 0 Å². The Kier molecular flexibility index (Phi) is 4.93. The van der Waals surface area contributed by atoms with Crippen molar-refractivity contribution in [3.05, 3.63) is 35.9 Å². The molecule has 1 saturated heterocycles. The third kappa shape index (κ3) is 4.04. The zero-order valence-electron chi connectivity index (χ0n) is 11.5. The number of benzene rings is 1. The second-order valence-electron chi connectivity index (χ2n) is 5.29. The number of nitrogens with one attached hydrogen (secondary N) is 1. The number of rotatable bonds is 5. The first-order chi connectivity index (χ1) is 9.16. The molecule has 1 aliphatic heterocycles. The largest absolute Gasteiger partial charge is 0.353 e. The lowest BCUT2D eigenvalue weighted by Crippen LogP contribution is -2.44. The van der Waals surface area contributed by atoms with E-state index in [0.717, 1.165) is 19.5 Å². The predicted molar refractivity (Wildman–Crippen MR) is 76.5 cm³/mol. The Balaban J connectivity index is 1.85. The van der Waals surface area contributed by atoms with Crippen LogP contribution in [0.2, 0.25) is 0 Å². The van der Waals surface area contributed by atoms with Gasteiger partial charge in [0.25, 0.3) is 0 Å². The molecule has 1 aromatic rings. The number of amides is 1. The zero-order valence-corrected chi connectivity index (χ0v) is 11.5. The lowest BCUT2D eigenvalue weighted by Gasteiger charge is -2.25. The van der Waals surface area contributed by atoms with Crippen molar-refractivity contribution >= 4 is 5.91 Å². The monoisotopic (exact) mass is 261 g/mol. The molecule has 19 heavy (non-hydrogen) atoms. The maximum Gasteiger partial charge on any atom is 0.236 e. The summed E-state index contributed by atoms with van der Waals surface area (Å²) in [7, 11) is 0. The van der Waals surface area contributed by atoms with Crippen LogP contribution in [0.4, 0.5) is 0 Å². The fourth-order valence-corrected chi connectivity index (χ4v) is 2.53. The van der Waals surface area contributed by atoms with Crippen LogP contribution in [0.5, 0.6) is 0 Å². The third-order valence-corrected chi connectivity index (χ3v) is 3.65. The minimum atomic E-state index is -0.427. The van der Waals surface area contributed by atoms with Crippen molar-refractivity contribution < 1.29 is 4.79 Å². The predicted octanol–water partition coefficient (Wildman–Crippen LogP) is 1.11. The van der Waals surface area contributed by atoms with Gasteiger partial charge in [-0.15, -0.1) is 0 Å². The van der Waals surface area contributed by atoms with Gasteiger partial charge in [-0.2, -0.15) is 0 Å². The van der Waals surface area contributed by atoms with E-state index in [4.69, 9.17) is 5.73 Å². The molecule has 0 spiro atoms. The molecule has 0 radical (unpaired) electrons. The molecule has 1 aliphatic rings. The Hall–Kier alpha value is -1.39. The molecular formula is C15H23N3O. The van der Waals surface area contributed by atoms with Crippen LogP contribution in [0.25, 0.3) is 0 Å². The highest BCUT2D eigenvalue weighted by Gasteiger charge is 2.24. The number of nitrogens with zero attached hydrogens (tertiary/aromatic N) is 1. The number of likely N-dealkylation sites (tertiary alicyclic amines) is 1. The first kappa shape index (κ1) is 14.0. The molecule has 4 nitrogen and oxygen atoms in total. The van der Waals surface area contributed by atoms with Crippen molar-refractivity contribution in [1.82, 2.24) is 10.2 Å². The van der Waals surface area contributed by atoms with Gasteiger partial charge in [0.1, 0.15) is 0 Å². The molecule has 0 bridgehead atoms. The number of carbonyl (C=O) groups is 1. The molecule has 1 fully saturated rings. The number of hydrogen-bond acceptors (Lipinski definition) is 3. The van der Waals surface area contributed by atoms with Crippen LogP contribution >= 0.6 is 0 Å². The van der Waals surface area contributed by atoms with E-state index in [2.05, 4.69) is 34.5 Å². The molecule has 1 amide bonds. The van der Waals surface area contributed by atoms with E-state index in [0.29, 0.717) is 12.6 Å². The second-order valence-corrected chi connectivity index (χ2v) is 5.29. The highest BCUT2D eigenvalue weighted by atomic mass is 16.2. The van der Waals surface area contributed by atoms with Crippen LogP contribution in [0.3, 0.4) is 0 Å². The molecule has 0 saturated carbocycles. The van der Waals surface area contributed by atoms with Crippen LogP contribution < -0.4 is 11.1 Å². The second kappa shape index (κ2) is 6.68. The molecule has 4 heteroatoms. The summed E-state index contributed by atoms with van der Waals surface area (Å²) in [6.45, 7) is 4.48. The van der Waals surface area contributed by atoms with Gasteiger partial charge in [0.15, 0.2) is 0 Å². The summed E-state index contributed by atoms with van der Waals surface area (Å²) >= 11 is 0. The van der Waals surface area contributed by atoms with Gasteiger partial charge in [0.05, 0.1) is 6.04 Å². The highest BCUT2D eigenvalue weighted by molar-refractivity contribution is 5.80. The summed E-state index contributed by atoms with van der Waals surface area (Å²) in [5.41, 5.74) is 6.88. The van der Waals surface area contributed by atoms with Gasteiger partial charge in [-0.25, -0.2) is 0 Å². The van der Waals surface area contributed by atoms with E-state index in [1.807, 2.05) is 6.07 Å². The summed E-state index contributed by atoms with van der Waals surface area (Å²) in [5.74, 6) is -0.0634. The maximum absolute atomic E-state index is 11.5. The van der Waals surface area contributed by atoms with E-state index in [9.17, 15) is 4.79 Å². The first-order valence-electron chi connectivity index (χ1n) is 6.98. The molecule has 2 atom stereocenters. The Morgan fingerprint density at radius 1 is 1.47 bits per heavy atom. The maximum atomic E-state index is 11.5. The number of carbonyl (C=O) groups excluding carboxylic acids is 1. The van der Waals surface area contributed by atoms with Crippen LogP contribution in [-0.2, 0) is 11.3 Å². The van der Waals surface area contributed by atoms with Crippen LogP contribution in [0, 0.1) is 0 Å². The summed E-state index contributed by atoms with van der Waals surface area (Å²) in [4.78, 5) is 14.0. The Bertz CT molecular complexity index is 405. The quantitative estimate of drug-likeness (QED) is 0.835. The number of hydrogen-bond donors (Lipinski definition) is 2. The van der Waals surface area contributed by atoms with Gasteiger partial charge in [-0.1, -0.05) is 30.3 Å². The molecule has 1 heterocycles. The van der Waals surface area contributed by atoms with E-state index in [1.165, 1.54) is 12.0 Å². The topological polar surface area (TPSA) is 58.4 Å². The Labute approximate surface area is 115 Å². The smallest absolute Gasteiger partial charge is 0.236 e. The molecule has 0 aromatic heterocycles. The molecule has 104 valence electrons. The highest BCUT2D eigenvalue weighted by Crippen LogP contribution is 2.19. The van der Waals surface area contributed by atoms with E-state index >= 15 is 0 Å².